The second-order valence-corrected chi connectivity index (χ2v) is 9.19. The van der Waals surface area contributed by atoms with Gasteiger partial charge in [0.15, 0.2) is 5.65 Å². The zero-order valence-electron chi connectivity index (χ0n) is 19.7. The summed E-state index contributed by atoms with van der Waals surface area (Å²) < 4.78 is 3.69. The Kier molecular flexibility index (Phi) is 5.51. The predicted octanol–water partition coefficient (Wildman–Crippen LogP) is 5.00. The van der Waals surface area contributed by atoms with E-state index in [1.54, 1.807) is 10.8 Å². The zero-order chi connectivity index (χ0) is 23.8. The molecule has 4 heterocycles. The Morgan fingerprint density at radius 2 is 1.60 bits per heavy atom. The number of likely N-dealkylation sites (tertiary alicyclic amines) is 1. The first-order valence-corrected chi connectivity index (χ1v) is 12.1. The lowest BCUT2D eigenvalue weighted by atomic mass is 10.1. The lowest BCUT2D eigenvalue weighted by Gasteiger charge is -2.17. The molecular formula is C29H27N5O. The van der Waals surface area contributed by atoms with Gasteiger partial charge in [-0.05, 0) is 60.4 Å². The van der Waals surface area contributed by atoms with Crippen molar-refractivity contribution in [1.82, 2.24) is 24.0 Å². The Bertz CT molecular complexity index is 1540. The quantitative estimate of drug-likeness (QED) is 0.369. The van der Waals surface area contributed by atoms with Crippen LogP contribution in [0.4, 0.5) is 0 Å². The van der Waals surface area contributed by atoms with Gasteiger partial charge in [0.05, 0.1) is 22.9 Å². The lowest BCUT2D eigenvalue weighted by Crippen LogP contribution is -2.29. The SMILES string of the molecule is Cc1cccnc1CN1CC[C@H](n2c(=O)n(-c3ccc(-c4ccccc4)cc3)c3cccnc32)C1. The molecule has 2 aromatic carbocycles. The summed E-state index contributed by atoms with van der Waals surface area (Å²) in [5.74, 6) is 0. The van der Waals surface area contributed by atoms with Crippen LogP contribution in [-0.2, 0) is 6.54 Å². The van der Waals surface area contributed by atoms with Crippen molar-refractivity contribution < 1.29 is 0 Å². The van der Waals surface area contributed by atoms with Gasteiger partial charge in [0.2, 0.25) is 0 Å². The maximum atomic E-state index is 13.8. The molecule has 0 amide bonds. The zero-order valence-corrected chi connectivity index (χ0v) is 19.7. The highest BCUT2D eigenvalue weighted by Crippen LogP contribution is 2.27. The number of benzene rings is 2. The van der Waals surface area contributed by atoms with Gasteiger partial charge in [0.1, 0.15) is 0 Å². The fourth-order valence-electron chi connectivity index (χ4n) is 5.12. The highest BCUT2D eigenvalue weighted by molar-refractivity contribution is 5.75. The molecule has 5 aromatic rings. The van der Waals surface area contributed by atoms with Crippen molar-refractivity contribution in [2.75, 3.05) is 13.1 Å². The normalized spacial score (nSPS) is 16.2. The number of pyridine rings is 2. The Labute approximate surface area is 204 Å². The van der Waals surface area contributed by atoms with Crippen molar-refractivity contribution in [3.63, 3.8) is 0 Å². The number of hydrogen-bond acceptors (Lipinski definition) is 4. The minimum Gasteiger partial charge on any atom is -0.295 e. The Balaban J connectivity index is 1.34. The summed E-state index contributed by atoms with van der Waals surface area (Å²) in [6.07, 6.45) is 4.53. The van der Waals surface area contributed by atoms with Crippen LogP contribution in [0.25, 0.3) is 28.0 Å². The maximum Gasteiger partial charge on any atom is 0.335 e. The summed E-state index contributed by atoms with van der Waals surface area (Å²) in [4.78, 5) is 25.4. The van der Waals surface area contributed by atoms with Crippen molar-refractivity contribution in [3.05, 3.63) is 113 Å². The number of aromatic nitrogens is 4. The van der Waals surface area contributed by atoms with Crippen LogP contribution in [0.15, 0.2) is 96.1 Å². The van der Waals surface area contributed by atoms with Gasteiger partial charge in [-0.3, -0.25) is 19.0 Å². The van der Waals surface area contributed by atoms with Crippen molar-refractivity contribution >= 4 is 11.2 Å². The number of fused-ring (bicyclic) bond motifs is 1. The first-order chi connectivity index (χ1) is 17.2. The van der Waals surface area contributed by atoms with Crippen LogP contribution < -0.4 is 5.69 Å². The second-order valence-electron chi connectivity index (χ2n) is 9.19. The van der Waals surface area contributed by atoms with E-state index in [9.17, 15) is 4.79 Å². The molecule has 0 radical (unpaired) electrons. The molecule has 0 spiro atoms. The monoisotopic (exact) mass is 461 g/mol. The molecule has 6 rings (SSSR count). The lowest BCUT2D eigenvalue weighted by molar-refractivity contribution is 0.311. The van der Waals surface area contributed by atoms with E-state index in [0.29, 0.717) is 0 Å². The molecule has 6 nitrogen and oxygen atoms in total. The first kappa shape index (κ1) is 21.5. The van der Waals surface area contributed by atoms with E-state index in [1.807, 2.05) is 59.3 Å². The fraction of sp³-hybridized carbons (Fsp3) is 0.207. The molecule has 0 bridgehead atoms. The third kappa shape index (κ3) is 3.96. The van der Waals surface area contributed by atoms with Crippen molar-refractivity contribution in [1.29, 1.82) is 0 Å². The number of hydrogen-bond donors (Lipinski definition) is 0. The van der Waals surface area contributed by atoms with Crippen LogP contribution in [0.5, 0.6) is 0 Å². The molecule has 0 unspecified atom stereocenters. The van der Waals surface area contributed by atoms with Gasteiger partial charge >= 0.3 is 5.69 Å². The molecule has 1 aliphatic heterocycles. The van der Waals surface area contributed by atoms with Gasteiger partial charge in [0, 0.05) is 32.0 Å². The Morgan fingerprint density at radius 3 is 2.40 bits per heavy atom. The predicted molar refractivity (Wildman–Crippen MR) is 139 cm³/mol. The van der Waals surface area contributed by atoms with E-state index in [0.717, 1.165) is 59.7 Å². The molecule has 1 aliphatic rings. The van der Waals surface area contributed by atoms with Crippen molar-refractivity contribution in [2.45, 2.75) is 25.9 Å². The Morgan fingerprint density at radius 1 is 0.857 bits per heavy atom. The summed E-state index contributed by atoms with van der Waals surface area (Å²) >= 11 is 0. The smallest absolute Gasteiger partial charge is 0.295 e. The number of nitrogens with zero attached hydrogens (tertiary/aromatic N) is 5. The summed E-state index contributed by atoms with van der Waals surface area (Å²) in [6.45, 7) is 4.63. The number of imidazole rings is 1. The molecule has 1 saturated heterocycles. The average molecular weight is 462 g/mol. The van der Waals surface area contributed by atoms with Crippen molar-refractivity contribution in [3.8, 4) is 16.8 Å². The standard InChI is InChI=1S/C29H27N5O/c1-21-7-5-16-30-26(21)20-32-18-15-25(19-32)34-28-27(10-6-17-31-28)33(29(34)35)24-13-11-23(12-14-24)22-8-3-2-4-9-22/h2-14,16-17,25H,15,18-20H2,1H3/t25-/m0/s1. The van der Waals surface area contributed by atoms with Gasteiger partial charge in [-0.25, -0.2) is 9.78 Å². The van der Waals surface area contributed by atoms with E-state index < -0.39 is 0 Å². The summed E-state index contributed by atoms with van der Waals surface area (Å²) in [6, 6.07) is 26.5. The minimum atomic E-state index is -0.0352. The van der Waals surface area contributed by atoms with Gasteiger partial charge < -0.3 is 0 Å². The van der Waals surface area contributed by atoms with E-state index in [2.05, 4.69) is 52.1 Å². The summed E-state index contributed by atoms with van der Waals surface area (Å²) in [7, 11) is 0. The first-order valence-electron chi connectivity index (χ1n) is 12.1. The summed E-state index contributed by atoms with van der Waals surface area (Å²) in [5, 5.41) is 0. The van der Waals surface area contributed by atoms with Gasteiger partial charge in [-0.2, -0.15) is 0 Å². The van der Waals surface area contributed by atoms with Crippen LogP contribution in [0.2, 0.25) is 0 Å². The van der Waals surface area contributed by atoms with Crippen molar-refractivity contribution in [2.24, 2.45) is 0 Å². The van der Waals surface area contributed by atoms with E-state index in [-0.39, 0.29) is 11.7 Å². The molecule has 1 atom stereocenters. The van der Waals surface area contributed by atoms with Crippen LogP contribution in [0.1, 0.15) is 23.7 Å². The minimum absolute atomic E-state index is 0.0352. The molecule has 0 aliphatic carbocycles. The Hall–Kier alpha value is -4.03. The van der Waals surface area contributed by atoms with Crippen LogP contribution in [0.3, 0.4) is 0 Å². The molecule has 0 N–H and O–H groups in total. The van der Waals surface area contributed by atoms with Gasteiger partial charge in [0.25, 0.3) is 0 Å². The van der Waals surface area contributed by atoms with E-state index in [1.165, 1.54) is 5.56 Å². The average Bonchev–Trinajstić information content (AvgIpc) is 3.47. The molecule has 174 valence electrons. The molecule has 35 heavy (non-hydrogen) atoms. The highest BCUT2D eigenvalue weighted by Gasteiger charge is 2.29. The molecule has 1 fully saturated rings. The van der Waals surface area contributed by atoms with Gasteiger partial charge in [-0.1, -0.05) is 48.5 Å². The van der Waals surface area contributed by atoms with Gasteiger partial charge in [-0.15, -0.1) is 0 Å². The van der Waals surface area contributed by atoms with E-state index in [4.69, 9.17) is 0 Å². The highest BCUT2D eigenvalue weighted by atomic mass is 16.2. The molecule has 0 saturated carbocycles. The third-order valence-electron chi connectivity index (χ3n) is 6.97. The number of aryl methyl sites for hydroxylation is 1. The largest absolute Gasteiger partial charge is 0.335 e. The number of rotatable bonds is 5. The van der Waals surface area contributed by atoms with E-state index >= 15 is 0 Å². The molecular weight excluding hydrogens is 434 g/mol. The van der Waals surface area contributed by atoms with Crippen LogP contribution in [0, 0.1) is 6.92 Å². The summed E-state index contributed by atoms with van der Waals surface area (Å²) in [5.41, 5.74) is 6.97. The van der Waals surface area contributed by atoms with Crippen LogP contribution in [-0.4, -0.2) is 37.1 Å². The maximum absolute atomic E-state index is 13.8. The van der Waals surface area contributed by atoms with Crippen LogP contribution >= 0.6 is 0 Å². The fourth-order valence-corrected chi connectivity index (χ4v) is 5.12. The molecule has 3 aromatic heterocycles. The topological polar surface area (TPSA) is 56.0 Å². The third-order valence-corrected chi connectivity index (χ3v) is 6.97. The second kappa shape index (κ2) is 8.96. The molecule has 6 heteroatoms.